The van der Waals surface area contributed by atoms with Gasteiger partial charge < -0.3 is 0 Å². The summed E-state index contributed by atoms with van der Waals surface area (Å²) in [6, 6.07) is 0. The number of halogens is 1. The Morgan fingerprint density at radius 2 is 2.38 bits per heavy atom. The lowest BCUT2D eigenvalue weighted by Gasteiger charge is -2.07. The zero-order valence-electron chi connectivity index (χ0n) is 4.06. The van der Waals surface area contributed by atoms with Crippen LogP contribution in [-0.2, 0) is 0 Å². The van der Waals surface area contributed by atoms with E-state index in [1.54, 1.807) is 0 Å². The molecule has 0 amide bonds. The van der Waals surface area contributed by atoms with Crippen LogP contribution in [-0.4, -0.2) is 29.6 Å². The van der Waals surface area contributed by atoms with Crippen LogP contribution in [0.15, 0.2) is 9.98 Å². The van der Waals surface area contributed by atoms with Gasteiger partial charge in [0.15, 0.2) is 0 Å². The Bertz CT molecular complexity index is 113. The van der Waals surface area contributed by atoms with Crippen molar-refractivity contribution in [3.05, 3.63) is 0 Å². The van der Waals surface area contributed by atoms with Gasteiger partial charge in [-0.25, -0.2) is 15.0 Å². The summed E-state index contributed by atoms with van der Waals surface area (Å²) >= 11 is 0. The van der Waals surface area contributed by atoms with Crippen LogP contribution in [0.5, 0.6) is 0 Å². The van der Waals surface area contributed by atoms with Crippen molar-refractivity contribution in [3.63, 3.8) is 0 Å². The average molecular weight is 136 g/mol. The molecule has 0 spiro atoms. The largest absolute Gasteiger partial charge is 0.286 e. The normalized spacial score (nSPS) is 15.9. The Kier molecular flexibility index (Phi) is 3.14. The summed E-state index contributed by atoms with van der Waals surface area (Å²) in [4.78, 5) is 7.13. The molecule has 46 valence electrons. The quantitative estimate of drug-likeness (QED) is 0.513. The highest BCUT2D eigenvalue weighted by atomic mass is 35.5. The maximum atomic E-state index is 8.48. The van der Waals surface area contributed by atoms with Crippen molar-refractivity contribution in [3.8, 4) is 0 Å². The number of hydroxylamine groups is 2. The van der Waals surface area contributed by atoms with E-state index in [-0.39, 0.29) is 12.4 Å². The maximum Gasteiger partial charge on any atom is 0.138 e. The second-order valence-electron chi connectivity index (χ2n) is 1.14. The standard InChI is InChI=1S/C3H5N3O.ClH/c7-6-2-4-1-5-3-6;/h1-2,7H,3H2;1H. The average Bonchev–Trinajstić information content (AvgIpc) is 1.69. The van der Waals surface area contributed by atoms with Crippen molar-refractivity contribution in [2.24, 2.45) is 9.98 Å². The Morgan fingerprint density at radius 3 is 2.62 bits per heavy atom. The highest BCUT2D eigenvalue weighted by molar-refractivity contribution is 5.85. The summed E-state index contributed by atoms with van der Waals surface area (Å²) in [5.41, 5.74) is 0. The first-order valence-electron chi connectivity index (χ1n) is 1.87. The molecule has 0 aromatic heterocycles. The van der Waals surface area contributed by atoms with Crippen LogP contribution in [0.2, 0.25) is 0 Å². The molecular formula is C3H6ClN3O. The van der Waals surface area contributed by atoms with E-state index in [1.165, 1.54) is 12.7 Å². The summed E-state index contributed by atoms with van der Waals surface area (Å²) in [6.07, 6.45) is 2.69. The topological polar surface area (TPSA) is 48.2 Å². The van der Waals surface area contributed by atoms with Gasteiger partial charge in [0.25, 0.3) is 0 Å². The third-order valence-corrected chi connectivity index (χ3v) is 0.575. The van der Waals surface area contributed by atoms with E-state index in [9.17, 15) is 0 Å². The second-order valence-corrected chi connectivity index (χ2v) is 1.14. The van der Waals surface area contributed by atoms with Crippen LogP contribution >= 0.6 is 12.4 Å². The molecule has 0 aromatic carbocycles. The molecule has 0 radical (unpaired) electrons. The fourth-order valence-electron chi connectivity index (χ4n) is 0.311. The van der Waals surface area contributed by atoms with Gasteiger partial charge in [0.2, 0.25) is 0 Å². The minimum Gasteiger partial charge on any atom is -0.286 e. The molecule has 0 saturated carbocycles. The summed E-state index contributed by atoms with van der Waals surface area (Å²) in [7, 11) is 0. The third kappa shape index (κ3) is 1.90. The summed E-state index contributed by atoms with van der Waals surface area (Å²) in [5.74, 6) is 0. The molecule has 1 aliphatic heterocycles. The summed E-state index contributed by atoms with van der Waals surface area (Å²) in [6.45, 7) is 0.295. The van der Waals surface area contributed by atoms with Crippen molar-refractivity contribution < 1.29 is 5.21 Å². The van der Waals surface area contributed by atoms with E-state index in [0.29, 0.717) is 6.67 Å². The van der Waals surface area contributed by atoms with Crippen LogP contribution in [0.25, 0.3) is 0 Å². The van der Waals surface area contributed by atoms with Crippen molar-refractivity contribution in [1.82, 2.24) is 5.06 Å². The third-order valence-electron chi connectivity index (χ3n) is 0.575. The zero-order valence-corrected chi connectivity index (χ0v) is 4.88. The van der Waals surface area contributed by atoms with Gasteiger partial charge in [0.05, 0.1) is 0 Å². The molecule has 1 N–H and O–H groups in total. The molecule has 8 heavy (non-hydrogen) atoms. The van der Waals surface area contributed by atoms with Gasteiger partial charge in [-0.1, -0.05) is 0 Å². The number of rotatable bonds is 0. The predicted molar refractivity (Wildman–Crippen MR) is 32.7 cm³/mol. The fraction of sp³-hybridized carbons (Fsp3) is 0.333. The van der Waals surface area contributed by atoms with Crippen molar-refractivity contribution in [2.75, 3.05) is 6.67 Å². The first kappa shape index (κ1) is 7.39. The zero-order chi connectivity index (χ0) is 5.11. The Balaban J connectivity index is 0.000000490. The molecule has 4 nitrogen and oxygen atoms in total. The molecule has 5 heteroatoms. The predicted octanol–water partition coefficient (Wildman–Crippen LogP) is 0.127. The van der Waals surface area contributed by atoms with Gasteiger partial charge in [-0.15, -0.1) is 12.4 Å². The lowest BCUT2D eigenvalue weighted by Crippen LogP contribution is -2.19. The molecule has 0 unspecified atom stereocenters. The molecule has 0 bridgehead atoms. The van der Waals surface area contributed by atoms with E-state index >= 15 is 0 Å². The lowest BCUT2D eigenvalue weighted by molar-refractivity contribution is -0.00608. The molecule has 1 heterocycles. The van der Waals surface area contributed by atoms with Gasteiger partial charge >= 0.3 is 0 Å². The van der Waals surface area contributed by atoms with Crippen molar-refractivity contribution >= 4 is 25.1 Å². The van der Waals surface area contributed by atoms with Gasteiger partial charge in [-0.05, 0) is 0 Å². The lowest BCUT2D eigenvalue weighted by atomic mass is 10.9. The maximum absolute atomic E-state index is 8.48. The minimum atomic E-state index is 0. The molecule has 1 aliphatic rings. The summed E-state index contributed by atoms with van der Waals surface area (Å²) in [5, 5.41) is 9.38. The first-order valence-corrected chi connectivity index (χ1v) is 1.87. The fourth-order valence-corrected chi connectivity index (χ4v) is 0.311. The molecule has 0 aromatic rings. The van der Waals surface area contributed by atoms with Crippen LogP contribution in [0, 0.1) is 0 Å². The van der Waals surface area contributed by atoms with Crippen LogP contribution < -0.4 is 0 Å². The SMILES string of the molecule is Cl.ON1C=NC=NC1. The first-order chi connectivity index (χ1) is 3.39. The Morgan fingerprint density at radius 1 is 1.62 bits per heavy atom. The monoisotopic (exact) mass is 135 g/mol. The number of hydrogen-bond acceptors (Lipinski definition) is 4. The Labute approximate surface area is 52.9 Å². The van der Waals surface area contributed by atoms with E-state index in [2.05, 4.69) is 9.98 Å². The molecule has 0 aliphatic carbocycles. The van der Waals surface area contributed by atoms with E-state index in [1.807, 2.05) is 0 Å². The van der Waals surface area contributed by atoms with Crippen LogP contribution in [0.4, 0.5) is 0 Å². The molecule has 0 saturated heterocycles. The summed E-state index contributed by atoms with van der Waals surface area (Å²) < 4.78 is 0. The van der Waals surface area contributed by atoms with Gasteiger partial charge in [-0.2, -0.15) is 0 Å². The van der Waals surface area contributed by atoms with E-state index < -0.39 is 0 Å². The van der Waals surface area contributed by atoms with Crippen LogP contribution in [0.1, 0.15) is 0 Å². The molecule has 0 atom stereocenters. The van der Waals surface area contributed by atoms with Gasteiger partial charge in [0.1, 0.15) is 19.3 Å². The number of hydrogen-bond donors (Lipinski definition) is 1. The number of nitrogens with zero attached hydrogens (tertiary/aromatic N) is 3. The number of aliphatic imine (C=N–C) groups is 2. The van der Waals surface area contributed by atoms with E-state index in [4.69, 9.17) is 5.21 Å². The highest BCUT2D eigenvalue weighted by Gasteiger charge is 1.90. The van der Waals surface area contributed by atoms with Crippen LogP contribution in [0.3, 0.4) is 0 Å². The molecule has 1 rings (SSSR count). The van der Waals surface area contributed by atoms with Gasteiger partial charge in [-0.3, -0.25) is 5.21 Å². The molecular weight excluding hydrogens is 130 g/mol. The minimum absolute atomic E-state index is 0. The van der Waals surface area contributed by atoms with Crippen molar-refractivity contribution in [2.45, 2.75) is 0 Å². The van der Waals surface area contributed by atoms with Gasteiger partial charge in [0, 0.05) is 0 Å². The molecule has 0 fully saturated rings. The van der Waals surface area contributed by atoms with E-state index in [0.717, 1.165) is 5.06 Å². The van der Waals surface area contributed by atoms with Crippen molar-refractivity contribution in [1.29, 1.82) is 0 Å². The highest BCUT2D eigenvalue weighted by Crippen LogP contribution is 1.80. The Hall–Kier alpha value is -0.610. The smallest absolute Gasteiger partial charge is 0.138 e. The second kappa shape index (κ2) is 3.40.